The smallest absolute Gasteiger partial charge is 0.308 e. The van der Waals surface area contributed by atoms with Crippen LogP contribution in [0.25, 0.3) is 0 Å². The number of hydrogen-bond acceptors (Lipinski definition) is 5. The maximum Gasteiger partial charge on any atom is 0.308 e. The molecule has 4 N–H and O–H groups in total. The fourth-order valence-electron chi connectivity index (χ4n) is 4.46. The Morgan fingerprint density at radius 1 is 0.676 bits per heavy atom. The van der Waals surface area contributed by atoms with Gasteiger partial charge in [0.15, 0.2) is 0 Å². The van der Waals surface area contributed by atoms with Gasteiger partial charge in [-0.25, -0.2) is 0 Å². The predicted molar refractivity (Wildman–Crippen MR) is 137 cm³/mol. The second-order valence-corrected chi connectivity index (χ2v) is 11.4. The summed E-state index contributed by atoms with van der Waals surface area (Å²) in [5, 5.41) is 24.6. The Balaban J connectivity index is 1.71. The molecule has 2 aromatic rings. The van der Waals surface area contributed by atoms with Gasteiger partial charge in [-0.05, 0) is 68.1 Å². The fourth-order valence-corrected chi connectivity index (χ4v) is 4.46. The quantitative estimate of drug-likeness (QED) is 0.436. The molecule has 2 amide bonds. The second kappa shape index (κ2) is 10.2. The lowest BCUT2D eigenvalue weighted by molar-refractivity contribution is -0.180. The largest absolute Gasteiger partial charge is 0.481 e. The molecular weight excluding hydrogens is 476 g/mol. The predicted octanol–water partition coefficient (Wildman–Crippen LogP) is 4.28. The van der Waals surface area contributed by atoms with Crippen molar-refractivity contribution in [1.29, 1.82) is 0 Å². The first-order chi connectivity index (χ1) is 17.1. The van der Waals surface area contributed by atoms with E-state index in [9.17, 15) is 29.4 Å². The lowest BCUT2D eigenvalue weighted by Crippen LogP contribution is -2.64. The molecule has 0 spiro atoms. The first kappa shape index (κ1) is 27.7. The molecule has 3 rings (SSSR count). The van der Waals surface area contributed by atoms with Gasteiger partial charge < -0.3 is 25.6 Å². The number of nitrogens with one attached hydrogen (secondary N) is 2. The molecule has 1 aliphatic rings. The summed E-state index contributed by atoms with van der Waals surface area (Å²) < 4.78 is 5.85. The standard InChI is InChI=1S/C28H34N2O7/c1-27(2,3)15-7-11-17(12-8-15)37-18-13-9-16(10-14-18)29-23(31)19-21(25(33)34)20(22(19)26(35)36)24(32)30-28(4,5)6/h7-14,19-22H,1-6H3,(H,29,31)(H,30,32)(H,33,34)(H,35,36). The van der Waals surface area contributed by atoms with E-state index in [0.29, 0.717) is 17.2 Å². The maximum atomic E-state index is 13.0. The zero-order valence-corrected chi connectivity index (χ0v) is 21.9. The molecule has 1 fully saturated rings. The first-order valence-electron chi connectivity index (χ1n) is 12.1. The zero-order chi connectivity index (χ0) is 27.7. The van der Waals surface area contributed by atoms with Crippen LogP contribution in [0, 0.1) is 23.7 Å². The molecule has 9 heteroatoms. The summed E-state index contributed by atoms with van der Waals surface area (Å²) in [7, 11) is 0. The van der Waals surface area contributed by atoms with E-state index in [0.717, 1.165) is 0 Å². The van der Waals surface area contributed by atoms with Gasteiger partial charge in [0, 0.05) is 11.2 Å². The molecule has 0 aromatic heterocycles. The average molecular weight is 511 g/mol. The summed E-state index contributed by atoms with van der Waals surface area (Å²) in [4.78, 5) is 49.5. The summed E-state index contributed by atoms with van der Waals surface area (Å²) in [5.41, 5.74) is 0.853. The molecule has 0 heterocycles. The van der Waals surface area contributed by atoms with Gasteiger partial charge in [-0.1, -0.05) is 32.9 Å². The van der Waals surface area contributed by atoms with Crippen molar-refractivity contribution in [3.63, 3.8) is 0 Å². The van der Waals surface area contributed by atoms with Crippen LogP contribution in [-0.2, 0) is 24.6 Å². The third-order valence-corrected chi connectivity index (χ3v) is 6.30. The van der Waals surface area contributed by atoms with Crippen molar-refractivity contribution in [3.05, 3.63) is 54.1 Å². The van der Waals surface area contributed by atoms with Crippen LogP contribution >= 0.6 is 0 Å². The van der Waals surface area contributed by atoms with Crippen molar-refractivity contribution >= 4 is 29.4 Å². The molecular formula is C28H34N2O7. The number of carbonyl (C=O) groups excluding carboxylic acids is 2. The van der Waals surface area contributed by atoms with Crippen molar-refractivity contribution in [1.82, 2.24) is 5.32 Å². The van der Waals surface area contributed by atoms with Gasteiger partial charge in [0.2, 0.25) is 11.8 Å². The molecule has 2 unspecified atom stereocenters. The van der Waals surface area contributed by atoms with Crippen molar-refractivity contribution in [2.45, 2.75) is 52.5 Å². The number of carboxylic acid groups (broad SMARTS) is 2. The number of carbonyl (C=O) groups is 4. The molecule has 1 aliphatic carbocycles. The third kappa shape index (κ3) is 6.47. The Morgan fingerprint density at radius 2 is 1.11 bits per heavy atom. The Morgan fingerprint density at radius 3 is 1.51 bits per heavy atom. The minimum atomic E-state index is -1.46. The number of benzene rings is 2. The molecule has 0 radical (unpaired) electrons. The topological polar surface area (TPSA) is 142 Å². The van der Waals surface area contributed by atoms with E-state index in [1.54, 1.807) is 45.0 Å². The van der Waals surface area contributed by atoms with Gasteiger partial charge in [-0.15, -0.1) is 0 Å². The van der Waals surface area contributed by atoms with Crippen LogP contribution in [0.1, 0.15) is 47.1 Å². The highest BCUT2D eigenvalue weighted by Gasteiger charge is 2.63. The Bertz CT molecular complexity index is 1150. The van der Waals surface area contributed by atoms with Crippen LogP contribution in [0.5, 0.6) is 11.5 Å². The van der Waals surface area contributed by atoms with Gasteiger partial charge in [0.1, 0.15) is 11.5 Å². The molecule has 1 saturated carbocycles. The number of ether oxygens (including phenoxy) is 1. The normalized spacial score (nSPS) is 21.4. The molecule has 2 atom stereocenters. The maximum absolute atomic E-state index is 13.0. The van der Waals surface area contributed by atoms with Crippen molar-refractivity contribution in [3.8, 4) is 11.5 Å². The average Bonchev–Trinajstić information content (AvgIpc) is 2.72. The number of aliphatic carboxylic acids is 2. The van der Waals surface area contributed by atoms with Crippen LogP contribution in [0.3, 0.4) is 0 Å². The zero-order valence-electron chi connectivity index (χ0n) is 21.9. The Kier molecular flexibility index (Phi) is 7.67. The monoisotopic (exact) mass is 510 g/mol. The van der Waals surface area contributed by atoms with Crippen LogP contribution in [0.15, 0.2) is 48.5 Å². The summed E-state index contributed by atoms with van der Waals surface area (Å²) in [6.07, 6.45) is 0. The van der Waals surface area contributed by atoms with E-state index < -0.39 is 53.0 Å². The molecule has 2 aromatic carbocycles. The van der Waals surface area contributed by atoms with E-state index >= 15 is 0 Å². The van der Waals surface area contributed by atoms with Crippen LogP contribution in [-0.4, -0.2) is 39.5 Å². The van der Waals surface area contributed by atoms with E-state index in [1.807, 2.05) is 24.3 Å². The molecule has 0 aliphatic heterocycles. The molecule has 9 nitrogen and oxygen atoms in total. The SMILES string of the molecule is CC(C)(C)NC(=O)C1C(C(=O)O)C(C(=O)Nc2ccc(Oc3ccc(C(C)(C)C)cc3)cc2)C1C(=O)O. The highest BCUT2D eigenvalue weighted by molar-refractivity contribution is 6.03. The lowest BCUT2D eigenvalue weighted by atomic mass is 9.55. The van der Waals surface area contributed by atoms with Gasteiger partial charge >= 0.3 is 11.9 Å². The summed E-state index contributed by atoms with van der Waals surface area (Å²) >= 11 is 0. The van der Waals surface area contributed by atoms with E-state index in [1.165, 1.54) is 5.56 Å². The van der Waals surface area contributed by atoms with Crippen LogP contribution in [0.2, 0.25) is 0 Å². The van der Waals surface area contributed by atoms with Gasteiger partial charge in [0.25, 0.3) is 0 Å². The van der Waals surface area contributed by atoms with Crippen molar-refractivity contribution in [2.75, 3.05) is 5.32 Å². The van der Waals surface area contributed by atoms with Crippen LogP contribution < -0.4 is 15.4 Å². The third-order valence-electron chi connectivity index (χ3n) is 6.30. The minimum Gasteiger partial charge on any atom is -0.481 e. The lowest BCUT2D eigenvalue weighted by Gasteiger charge is -2.46. The van der Waals surface area contributed by atoms with Crippen LogP contribution in [0.4, 0.5) is 5.69 Å². The molecule has 0 saturated heterocycles. The molecule has 198 valence electrons. The van der Waals surface area contributed by atoms with Crippen molar-refractivity contribution < 1.29 is 34.1 Å². The Labute approximate surface area is 216 Å². The molecule has 0 bridgehead atoms. The second-order valence-electron chi connectivity index (χ2n) is 11.4. The highest BCUT2D eigenvalue weighted by atomic mass is 16.5. The number of carboxylic acids is 2. The summed E-state index contributed by atoms with van der Waals surface area (Å²) in [6.45, 7) is 11.5. The number of hydrogen-bond donors (Lipinski definition) is 4. The van der Waals surface area contributed by atoms with Gasteiger partial charge in [-0.3, -0.25) is 19.2 Å². The Hall–Kier alpha value is -3.88. The highest BCUT2D eigenvalue weighted by Crippen LogP contribution is 2.47. The van der Waals surface area contributed by atoms with Crippen molar-refractivity contribution in [2.24, 2.45) is 23.7 Å². The number of amides is 2. The fraction of sp³-hybridized carbons (Fsp3) is 0.429. The summed E-state index contributed by atoms with van der Waals surface area (Å²) in [5.74, 6) is -8.76. The molecule has 37 heavy (non-hydrogen) atoms. The van der Waals surface area contributed by atoms with Gasteiger partial charge in [-0.2, -0.15) is 0 Å². The van der Waals surface area contributed by atoms with E-state index in [4.69, 9.17) is 4.74 Å². The number of anilines is 1. The van der Waals surface area contributed by atoms with E-state index in [-0.39, 0.29) is 5.41 Å². The van der Waals surface area contributed by atoms with E-state index in [2.05, 4.69) is 31.4 Å². The summed E-state index contributed by atoms with van der Waals surface area (Å²) in [6, 6.07) is 14.2. The van der Waals surface area contributed by atoms with Gasteiger partial charge in [0.05, 0.1) is 23.7 Å². The number of rotatable bonds is 7. The minimum absolute atomic E-state index is 0.0223. The first-order valence-corrected chi connectivity index (χ1v) is 12.1.